The van der Waals surface area contributed by atoms with Gasteiger partial charge in [-0.2, -0.15) is 0 Å². The number of carboxylic acids is 1. The van der Waals surface area contributed by atoms with Gasteiger partial charge in [0.25, 0.3) is 0 Å². The third-order valence-electron chi connectivity index (χ3n) is 7.79. The molecule has 2 N–H and O–H groups in total. The van der Waals surface area contributed by atoms with Crippen molar-refractivity contribution < 1.29 is 19.0 Å². The summed E-state index contributed by atoms with van der Waals surface area (Å²) in [6.07, 6.45) is 7.48. The summed E-state index contributed by atoms with van der Waals surface area (Å²) >= 11 is 0. The molecule has 5 rings (SSSR count). The van der Waals surface area contributed by atoms with Crippen molar-refractivity contribution in [3.05, 3.63) is 33.9 Å². The number of methoxy groups -OCH3 is 1. The Labute approximate surface area is 192 Å². The molecule has 0 amide bonds. The number of aromatic carboxylic acids is 1. The number of piperidine rings is 1. The zero-order valence-corrected chi connectivity index (χ0v) is 19.5. The SMILES string of the molecule is CCC1(C)CN(c2c(F)cc3c(=O)c(C(=O)O)cn(C4CC4)c3c2OC)CCC1NC1CC1. The van der Waals surface area contributed by atoms with Gasteiger partial charge in [-0.15, -0.1) is 0 Å². The van der Waals surface area contributed by atoms with E-state index in [2.05, 4.69) is 24.1 Å². The van der Waals surface area contributed by atoms with E-state index in [1.165, 1.54) is 32.2 Å². The van der Waals surface area contributed by atoms with Crippen LogP contribution >= 0.6 is 0 Å². The van der Waals surface area contributed by atoms with Crippen LogP contribution in [0.15, 0.2) is 17.1 Å². The van der Waals surface area contributed by atoms with E-state index in [1.807, 2.05) is 4.57 Å². The van der Waals surface area contributed by atoms with Crippen LogP contribution in [-0.2, 0) is 0 Å². The lowest BCUT2D eigenvalue weighted by Crippen LogP contribution is -2.56. The number of anilines is 1. The molecule has 8 heteroatoms. The number of nitrogens with zero attached hydrogens (tertiary/aromatic N) is 2. The molecule has 7 nitrogen and oxygen atoms in total. The van der Waals surface area contributed by atoms with Crippen molar-refractivity contribution in [3.63, 3.8) is 0 Å². The molecule has 1 aromatic carbocycles. The average molecular weight is 458 g/mol. The van der Waals surface area contributed by atoms with Crippen molar-refractivity contribution in [1.82, 2.24) is 9.88 Å². The summed E-state index contributed by atoms with van der Waals surface area (Å²) < 4.78 is 23.2. The van der Waals surface area contributed by atoms with E-state index < -0.39 is 17.2 Å². The quantitative estimate of drug-likeness (QED) is 0.656. The zero-order chi connectivity index (χ0) is 23.5. The predicted octanol–water partition coefficient (Wildman–Crippen LogP) is 3.93. The molecular formula is C25H32FN3O4. The molecule has 1 saturated heterocycles. The highest BCUT2D eigenvalue weighted by Crippen LogP contribution is 2.46. The maximum absolute atomic E-state index is 15.7. The lowest BCUT2D eigenvalue weighted by atomic mass is 9.75. The number of carboxylic acid groups (broad SMARTS) is 1. The Kier molecular flexibility index (Phi) is 5.39. The van der Waals surface area contributed by atoms with Crippen LogP contribution in [0.25, 0.3) is 10.9 Å². The first kappa shape index (κ1) is 22.2. The number of halogens is 1. The predicted molar refractivity (Wildman–Crippen MR) is 125 cm³/mol. The van der Waals surface area contributed by atoms with Crippen LogP contribution < -0.4 is 20.4 Å². The Balaban J connectivity index is 1.64. The summed E-state index contributed by atoms with van der Waals surface area (Å²) in [5.74, 6) is -1.53. The number of hydrogen-bond donors (Lipinski definition) is 2. The monoisotopic (exact) mass is 457 g/mol. The third-order valence-corrected chi connectivity index (χ3v) is 7.79. The Bertz CT molecular complexity index is 1170. The van der Waals surface area contributed by atoms with Gasteiger partial charge in [0, 0.05) is 42.8 Å². The van der Waals surface area contributed by atoms with E-state index in [-0.39, 0.29) is 22.4 Å². The summed E-state index contributed by atoms with van der Waals surface area (Å²) in [6.45, 7) is 5.79. The number of rotatable bonds is 7. The molecule has 0 spiro atoms. The second-order valence-corrected chi connectivity index (χ2v) is 10.2. The van der Waals surface area contributed by atoms with Gasteiger partial charge >= 0.3 is 5.97 Å². The third kappa shape index (κ3) is 3.78. The highest BCUT2D eigenvalue weighted by Gasteiger charge is 2.42. The van der Waals surface area contributed by atoms with E-state index in [9.17, 15) is 14.7 Å². The highest BCUT2D eigenvalue weighted by molar-refractivity contribution is 5.97. The lowest BCUT2D eigenvalue weighted by Gasteiger charge is -2.47. The van der Waals surface area contributed by atoms with Gasteiger partial charge in [-0.1, -0.05) is 13.8 Å². The smallest absolute Gasteiger partial charge is 0.341 e. The van der Waals surface area contributed by atoms with Crippen molar-refractivity contribution in [2.75, 3.05) is 25.1 Å². The highest BCUT2D eigenvalue weighted by atomic mass is 19.1. The normalized spacial score (nSPS) is 25.5. The van der Waals surface area contributed by atoms with Gasteiger partial charge in [0.05, 0.1) is 18.0 Å². The first-order valence-corrected chi connectivity index (χ1v) is 12.0. The first-order chi connectivity index (χ1) is 15.8. The molecule has 1 aromatic heterocycles. The van der Waals surface area contributed by atoms with E-state index in [0.29, 0.717) is 42.1 Å². The molecule has 2 saturated carbocycles. The summed E-state index contributed by atoms with van der Waals surface area (Å²) in [4.78, 5) is 26.7. The fourth-order valence-corrected chi connectivity index (χ4v) is 5.35. The Morgan fingerprint density at radius 3 is 2.61 bits per heavy atom. The molecule has 0 bridgehead atoms. The molecule has 2 aromatic rings. The van der Waals surface area contributed by atoms with Crippen molar-refractivity contribution in [2.45, 2.75) is 70.5 Å². The van der Waals surface area contributed by atoms with Crippen molar-refractivity contribution >= 4 is 22.6 Å². The molecule has 3 fully saturated rings. The topological polar surface area (TPSA) is 83.8 Å². The van der Waals surface area contributed by atoms with E-state index >= 15 is 4.39 Å². The Hall–Kier alpha value is -2.61. The van der Waals surface area contributed by atoms with Crippen LogP contribution in [-0.4, -0.2) is 47.9 Å². The minimum absolute atomic E-state index is 0.0312. The fourth-order valence-electron chi connectivity index (χ4n) is 5.35. The van der Waals surface area contributed by atoms with Gasteiger partial charge in [-0.25, -0.2) is 9.18 Å². The van der Waals surface area contributed by atoms with Crippen LogP contribution in [0.3, 0.4) is 0 Å². The lowest BCUT2D eigenvalue weighted by molar-refractivity contribution is 0.0694. The van der Waals surface area contributed by atoms with Gasteiger partial charge in [-0.3, -0.25) is 4.79 Å². The summed E-state index contributed by atoms with van der Waals surface area (Å²) in [7, 11) is 1.49. The van der Waals surface area contributed by atoms with Crippen LogP contribution in [0.2, 0.25) is 0 Å². The molecule has 0 radical (unpaired) electrons. The Morgan fingerprint density at radius 2 is 2.03 bits per heavy atom. The van der Waals surface area contributed by atoms with Crippen molar-refractivity contribution in [3.8, 4) is 5.75 Å². The van der Waals surface area contributed by atoms with Crippen LogP contribution in [0.4, 0.5) is 10.1 Å². The fraction of sp³-hybridized carbons (Fsp3) is 0.600. The molecule has 2 atom stereocenters. The molecule has 33 heavy (non-hydrogen) atoms. The molecule has 3 aliphatic rings. The van der Waals surface area contributed by atoms with Gasteiger partial charge in [0.15, 0.2) is 11.6 Å². The van der Waals surface area contributed by atoms with Crippen LogP contribution in [0.5, 0.6) is 5.75 Å². The first-order valence-electron chi connectivity index (χ1n) is 12.0. The minimum Gasteiger partial charge on any atom is -0.492 e. The van der Waals surface area contributed by atoms with Gasteiger partial charge in [0.1, 0.15) is 11.3 Å². The van der Waals surface area contributed by atoms with Gasteiger partial charge in [-0.05, 0) is 44.6 Å². The summed E-state index contributed by atoms with van der Waals surface area (Å²) in [5.41, 5.74) is -0.191. The van der Waals surface area contributed by atoms with Crippen LogP contribution in [0.1, 0.15) is 68.8 Å². The van der Waals surface area contributed by atoms with Crippen molar-refractivity contribution in [2.24, 2.45) is 5.41 Å². The number of aromatic nitrogens is 1. The van der Waals surface area contributed by atoms with E-state index in [0.717, 1.165) is 25.7 Å². The largest absolute Gasteiger partial charge is 0.492 e. The number of nitrogens with one attached hydrogen (secondary N) is 1. The molecule has 2 aliphatic carbocycles. The van der Waals surface area contributed by atoms with Crippen LogP contribution in [0, 0.1) is 11.2 Å². The minimum atomic E-state index is -1.30. The maximum Gasteiger partial charge on any atom is 0.341 e. The average Bonchev–Trinajstić information content (AvgIpc) is 3.69. The molecule has 1 aliphatic heterocycles. The number of fused-ring (bicyclic) bond motifs is 1. The van der Waals surface area contributed by atoms with Gasteiger partial charge in [0.2, 0.25) is 5.43 Å². The van der Waals surface area contributed by atoms with E-state index in [1.54, 1.807) is 0 Å². The number of hydrogen-bond acceptors (Lipinski definition) is 5. The van der Waals surface area contributed by atoms with E-state index in [4.69, 9.17) is 4.74 Å². The maximum atomic E-state index is 15.7. The number of benzene rings is 1. The molecule has 2 heterocycles. The molecular weight excluding hydrogens is 425 g/mol. The van der Waals surface area contributed by atoms with Gasteiger partial charge < -0.3 is 24.6 Å². The standard InChI is InChI=1S/C25H32FN3O4/c1-4-25(2)13-28(10-9-19(25)27-14-5-6-14)21-18(26)11-16-20(23(21)33-3)29(15-7-8-15)12-17(22(16)30)24(31)32/h11-12,14-15,19,27H,4-10,13H2,1-3H3,(H,31,32). The molecule has 178 valence electrons. The Morgan fingerprint density at radius 1 is 1.30 bits per heavy atom. The second-order valence-electron chi connectivity index (χ2n) is 10.2. The summed E-state index contributed by atoms with van der Waals surface area (Å²) in [6, 6.07) is 2.28. The second kappa shape index (κ2) is 8.01. The zero-order valence-electron chi connectivity index (χ0n) is 19.5. The number of pyridine rings is 1. The number of ether oxygens (including phenoxy) is 1. The summed E-state index contributed by atoms with van der Waals surface area (Å²) in [5, 5.41) is 13.4. The van der Waals surface area contributed by atoms with Crippen molar-refractivity contribution in [1.29, 1.82) is 0 Å². The number of carbonyl (C=O) groups is 1. The molecule has 2 unspecified atom stereocenters.